The number of benzene rings is 1. The summed E-state index contributed by atoms with van der Waals surface area (Å²) >= 11 is 2.87. The third-order valence-electron chi connectivity index (χ3n) is 4.56. The third-order valence-corrected chi connectivity index (χ3v) is 6.56. The number of carbonyl (C=O) groups excluding carboxylic acids is 1. The molecule has 1 aromatic carbocycles. The SMILES string of the molecule is C[C@@H]1CCC[C@@H](C)N1C(=O)CSc1nnc(NCc2ccc(F)cc2)s1. The molecule has 1 aliphatic heterocycles. The zero-order valence-electron chi connectivity index (χ0n) is 14.9. The molecule has 8 heteroatoms. The summed E-state index contributed by atoms with van der Waals surface area (Å²) in [6.45, 7) is 4.81. The van der Waals surface area contributed by atoms with Gasteiger partial charge in [0.05, 0.1) is 5.75 Å². The van der Waals surface area contributed by atoms with Gasteiger partial charge in [-0.05, 0) is 50.8 Å². The van der Waals surface area contributed by atoms with Gasteiger partial charge in [-0.2, -0.15) is 0 Å². The lowest BCUT2D eigenvalue weighted by Crippen LogP contribution is -2.48. The van der Waals surface area contributed by atoms with Crippen molar-refractivity contribution in [2.24, 2.45) is 0 Å². The van der Waals surface area contributed by atoms with Gasteiger partial charge in [-0.15, -0.1) is 10.2 Å². The lowest BCUT2D eigenvalue weighted by Gasteiger charge is -2.39. The zero-order chi connectivity index (χ0) is 18.5. The van der Waals surface area contributed by atoms with Crippen LogP contribution in [0.2, 0.25) is 0 Å². The van der Waals surface area contributed by atoms with Gasteiger partial charge in [0.2, 0.25) is 11.0 Å². The highest BCUT2D eigenvalue weighted by atomic mass is 32.2. The summed E-state index contributed by atoms with van der Waals surface area (Å²) in [5, 5.41) is 12.1. The van der Waals surface area contributed by atoms with E-state index in [2.05, 4.69) is 29.4 Å². The fraction of sp³-hybridized carbons (Fsp3) is 0.500. The number of carbonyl (C=O) groups is 1. The molecule has 1 aliphatic rings. The van der Waals surface area contributed by atoms with Crippen LogP contribution in [0.1, 0.15) is 38.7 Å². The minimum Gasteiger partial charge on any atom is -0.356 e. The zero-order valence-corrected chi connectivity index (χ0v) is 16.6. The Bertz CT molecular complexity index is 727. The second-order valence-electron chi connectivity index (χ2n) is 6.57. The molecule has 1 amide bonds. The van der Waals surface area contributed by atoms with Crippen LogP contribution < -0.4 is 5.32 Å². The van der Waals surface area contributed by atoms with Crippen LogP contribution in [0.15, 0.2) is 28.6 Å². The van der Waals surface area contributed by atoms with Crippen molar-refractivity contribution in [1.82, 2.24) is 15.1 Å². The van der Waals surface area contributed by atoms with Crippen molar-refractivity contribution in [2.75, 3.05) is 11.1 Å². The number of rotatable bonds is 6. The van der Waals surface area contributed by atoms with Gasteiger partial charge < -0.3 is 10.2 Å². The topological polar surface area (TPSA) is 58.1 Å². The van der Waals surface area contributed by atoms with E-state index in [1.54, 1.807) is 12.1 Å². The summed E-state index contributed by atoms with van der Waals surface area (Å²) in [6.07, 6.45) is 3.35. The van der Waals surface area contributed by atoms with E-state index in [1.165, 1.54) is 41.7 Å². The van der Waals surface area contributed by atoms with Gasteiger partial charge in [-0.25, -0.2) is 4.39 Å². The second kappa shape index (κ2) is 8.81. The number of likely N-dealkylation sites (tertiary alicyclic amines) is 1. The molecular weight excluding hydrogens is 371 g/mol. The van der Waals surface area contributed by atoms with E-state index < -0.39 is 0 Å². The van der Waals surface area contributed by atoms with Gasteiger partial charge >= 0.3 is 0 Å². The Hall–Kier alpha value is -1.67. The van der Waals surface area contributed by atoms with Crippen LogP contribution >= 0.6 is 23.1 Å². The first-order valence-corrected chi connectivity index (χ1v) is 10.6. The number of thioether (sulfide) groups is 1. The number of amides is 1. The minimum absolute atomic E-state index is 0.172. The largest absolute Gasteiger partial charge is 0.356 e. The molecule has 3 rings (SSSR count). The molecule has 5 nitrogen and oxygen atoms in total. The Morgan fingerprint density at radius 1 is 1.27 bits per heavy atom. The molecule has 0 aliphatic carbocycles. The first-order chi connectivity index (χ1) is 12.5. The van der Waals surface area contributed by atoms with E-state index >= 15 is 0 Å². The molecule has 0 radical (unpaired) electrons. The Balaban J connectivity index is 1.48. The number of hydrogen-bond acceptors (Lipinski definition) is 6. The molecule has 0 spiro atoms. The molecule has 1 aromatic heterocycles. The highest BCUT2D eigenvalue weighted by Gasteiger charge is 2.28. The maximum Gasteiger partial charge on any atom is 0.233 e. The number of nitrogens with one attached hydrogen (secondary N) is 1. The van der Waals surface area contributed by atoms with Crippen LogP contribution in [0.5, 0.6) is 0 Å². The second-order valence-corrected chi connectivity index (χ2v) is 8.77. The Morgan fingerprint density at radius 2 is 1.96 bits per heavy atom. The summed E-state index contributed by atoms with van der Waals surface area (Å²) < 4.78 is 13.7. The Morgan fingerprint density at radius 3 is 2.65 bits per heavy atom. The minimum atomic E-state index is -0.245. The van der Waals surface area contributed by atoms with Gasteiger partial charge in [-0.1, -0.05) is 35.2 Å². The van der Waals surface area contributed by atoms with Crippen molar-refractivity contribution in [3.63, 3.8) is 0 Å². The van der Waals surface area contributed by atoms with Crippen LogP contribution in [-0.4, -0.2) is 38.8 Å². The van der Waals surface area contributed by atoms with E-state index in [-0.39, 0.29) is 11.7 Å². The molecule has 1 N–H and O–H groups in total. The Labute approximate surface area is 161 Å². The fourth-order valence-corrected chi connectivity index (χ4v) is 4.85. The number of piperidine rings is 1. The normalized spacial score (nSPS) is 20.2. The average molecular weight is 395 g/mol. The standard InChI is InChI=1S/C18H23FN4OS2/c1-12-4-3-5-13(2)23(12)16(24)11-25-18-22-21-17(26-18)20-10-14-6-8-15(19)9-7-14/h6-9,12-13H,3-5,10-11H2,1-2H3,(H,20,21)/t12-,13-/m1/s1. The molecule has 0 bridgehead atoms. The van der Waals surface area contributed by atoms with Gasteiger partial charge in [0.1, 0.15) is 5.82 Å². The van der Waals surface area contributed by atoms with Crippen LogP contribution in [0.4, 0.5) is 9.52 Å². The number of hydrogen-bond donors (Lipinski definition) is 1. The van der Waals surface area contributed by atoms with Crippen molar-refractivity contribution < 1.29 is 9.18 Å². The molecule has 26 heavy (non-hydrogen) atoms. The van der Waals surface area contributed by atoms with Crippen molar-refractivity contribution in [2.45, 2.75) is 56.1 Å². The monoisotopic (exact) mass is 394 g/mol. The van der Waals surface area contributed by atoms with E-state index in [4.69, 9.17) is 0 Å². The lowest BCUT2D eigenvalue weighted by molar-refractivity contribution is -0.134. The molecule has 140 valence electrons. The first kappa shape index (κ1) is 19.1. The predicted octanol–water partition coefficient (Wildman–Crippen LogP) is 4.17. The third kappa shape index (κ3) is 4.94. The molecular formula is C18H23FN4OS2. The molecule has 0 saturated carbocycles. The Kier molecular flexibility index (Phi) is 6.48. The molecule has 1 saturated heterocycles. The number of anilines is 1. The van der Waals surface area contributed by atoms with Crippen LogP contribution in [0, 0.1) is 5.82 Å². The van der Waals surface area contributed by atoms with E-state index in [0.717, 1.165) is 22.7 Å². The number of aromatic nitrogens is 2. The molecule has 2 atom stereocenters. The van der Waals surface area contributed by atoms with Crippen LogP contribution in [0.25, 0.3) is 0 Å². The van der Waals surface area contributed by atoms with Crippen LogP contribution in [0.3, 0.4) is 0 Å². The molecule has 0 unspecified atom stereocenters. The number of nitrogens with zero attached hydrogens (tertiary/aromatic N) is 3. The quantitative estimate of drug-likeness (QED) is 0.745. The fourth-order valence-electron chi connectivity index (χ4n) is 3.23. The van der Waals surface area contributed by atoms with Crippen molar-refractivity contribution in [3.8, 4) is 0 Å². The summed E-state index contributed by atoms with van der Waals surface area (Å²) in [5.74, 6) is 0.317. The van der Waals surface area contributed by atoms with Crippen molar-refractivity contribution in [3.05, 3.63) is 35.6 Å². The van der Waals surface area contributed by atoms with Crippen LogP contribution in [-0.2, 0) is 11.3 Å². The number of halogens is 1. The average Bonchev–Trinajstić information content (AvgIpc) is 3.07. The summed E-state index contributed by atoms with van der Waals surface area (Å²) in [4.78, 5) is 14.6. The summed E-state index contributed by atoms with van der Waals surface area (Å²) in [5.41, 5.74) is 0.971. The molecule has 1 fully saturated rings. The van der Waals surface area contributed by atoms with Crippen molar-refractivity contribution in [1.29, 1.82) is 0 Å². The van der Waals surface area contributed by atoms with Gasteiger partial charge in [0, 0.05) is 18.6 Å². The molecule has 2 heterocycles. The lowest BCUT2D eigenvalue weighted by atomic mass is 9.98. The first-order valence-electron chi connectivity index (χ1n) is 8.78. The predicted molar refractivity (Wildman–Crippen MR) is 104 cm³/mol. The van der Waals surface area contributed by atoms with E-state index in [9.17, 15) is 9.18 Å². The summed E-state index contributed by atoms with van der Waals surface area (Å²) in [6, 6.07) is 6.97. The van der Waals surface area contributed by atoms with Gasteiger partial charge in [0.15, 0.2) is 4.34 Å². The highest BCUT2D eigenvalue weighted by Crippen LogP contribution is 2.28. The highest BCUT2D eigenvalue weighted by molar-refractivity contribution is 8.01. The summed E-state index contributed by atoms with van der Waals surface area (Å²) in [7, 11) is 0. The van der Waals surface area contributed by atoms with Crippen molar-refractivity contribution >= 4 is 34.1 Å². The van der Waals surface area contributed by atoms with Gasteiger partial charge in [0.25, 0.3) is 0 Å². The smallest absolute Gasteiger partial charge is 0.233 e. The molecule has 2 aromatic rings. The van der Waals surface area contributed by atoms with Gasteiger partial charge in [-0.3, -0.25) is 4.79 Å². The van der Waals surface area contributed by atoms with E-state index in [0.29, 0.717) is 29.5 Å². The maximum absolute atomic E-state index is 12.9. The van der Waals surface area contributed by atoms with E-state index in [1.807, 2.05) is 4.90 Å². The maximum atomic E-state index is 12.9.